The third-order valence-corrected chi connectivity index (χ3v) is 5.63. The number of carbonyl (C=O) groups is 1. The van der Waals surface area contributed by atoms with Crippen molar-refractivity contribution in [3.63, 3.8) is 0 Å². The molecule has 0 bridgehead atoms. The van der Waals surface area contributed by atoms with Crippen molar-refractivity contribution in [3.8, 4) is 22.8 Å². The van der Waals surface area contributed by atoms with Gasteiger partial charge in [0.15, 0.2) is 0 Å². The Bertz CT molecular complexity index is 1260. The zero-order valence-electron chi connectivity index (χ0n) is 18.6. The lowest BCUT2D eigenvalue weighted by Crippen LogP contribution is -2.49. The predicted octanol–water partition coefficient (Wildman–Crippen LogP) is 3.25. The molecule has 1 aliphatic heterocycles. The van der Waals surface area contributed by atoms with Crippen LogP contribution in [0.3, 0.4) is 0 Å². The highest BCUT2D eigenvalue weighted by atomic mass is 16.5. The second-order valence-corrected chi connectivity index (χ2v) is 8.20. The van der Waals surface area contributed by atoms with Gasteiger partial charge in [0, 0.05) is 51.2 Å². The molecule has 0 unspecified atom stereocenters. The lowest BCUT2D eigenvalue weighted by atomic mass is 10.1. The fourth-order valence-corrected chi connectivity index (χ4v) is 3.94. The van der Waals surface area contributed by atoms with Crippen LogP contribution in [0.1, 0.15) is 22.9 Å². The van der Waals surface area contributed by atoms with E-state index in [-0.39, 0.29) is 5.91 Å². The second-order valence-electron chi connectivity index (χ2n) is 8.20. The topological polar surface area (TPSA) is 101 Å². The summed E-state index contributed by atoms with van der Waals surface area (Å²) in [5.74, 6) is 2.34. The predicted molar refractivity (Wildman–Crippen MR) is 120 cm³/mol. The highest BCUT2D eigenvalue weighted by Gasteiger charge is 2.24. The molecule has 9 heteroatoms. The minimum absolute atomic E-state index is 0.126. The van der Waals surface area contributed by atoms with Gasteiger partial charge in [-0.05, 0) is 17.2 Å². The van der Waals surface area contributed by atoms with Crippen molar-refractivity contribution in [1.82, 2.24) is 30.1 Å². The number of aromatic nitrogens is 4. The number of rotatable bonds is 6. The molecule has 4 aromatic rings. The van der Waals surface area contributed by atoms with E-state index >= 15 is 0 Å². The molecule has 168 valence electrons. The number of carbonyl (C=O) groups excluding carboxylic acids is 1. The summed E-state index contributed by atoms with van der Waals surface area (Å²) in [5.41, 5.74) is 3.98. The summed E-state index contributed by atoms with van der Waals surface area (Å²) in [6, 6.07) is 16.0. The van der Waals surface area contributed by atoms with Crippen molar-refractivity contribution >= 4 is 5.91 Å². The Hall–Kier alpha value is -3.85. The van der Waals surface area contributed by atoms with E-state index < -0.39 is 0 Å². The van der Waals surface area contributed by atoms with Crippen LogP contribution < -0.4 is 0 Å². The van der Waals surface area contributed by atoms with Crippen LogP contribution in [0, 0.1) is 13.8 Å². The van der Waals surface area contributed by atoms with E-state index in [0.717, 1.165) is 35.3 Å². The molecule has 1 fully saturated rings. The first kappa shape index (κ1) is 21.0. The molecule has 5 rings (SSSR count). The van der Waals surface area contributed by atoms with Crippen molar-refractivity contribution in [2.45, 2.75) is 26.9 Å². The molecule has 0 atom stereocenters. The van der Waals surface area contributed by atoms with Crippen molar-refractivity contribution in [2.24, 2.45) is 0 Å². The lowest BCUT2D eigenvalue weighted by molar-refractivity contribution is -0.136. The summed E-state index contributed by atoms with van der Waals surface area (Å²) >= 11 is 0. The van der Waals surface area contributed by atoms with Gasteiger partial charge in [-0.1, -0.05) is 52.8 Å². The Morgan fingerprint density at radius 3 is 2.15 bits per heavy atom. The molecule has 1 amide bonds. The number of hydrogen-bond donors (Lipinski definition) is 0. The smallest absolute Gasteiger partial charge is 0.237 e. The number of amides is 1. The minimum Gasteiger partial charge on any atom is -0.339 e. The summed E-state index contributed by atoms with van der Waals surface area (Å²) in [6.07, 6.45) is 0. The standard InChI is InChI=1S/C24H24N6O3/c1-16-25-23(27-32-16)20-8-6-18(7-9-20)13-29-10-11-30(22(31)15-29)14-19-4-3-5-21(12-19)24-26-17(2)33-28-24/h3-9,12H,10-11,13-15H2,1-2H3. The summed E-state index contributed by atoms with van der Waals surface area (Å²) in [5, 5.41) is 7.93. The molecule has 2 aromatic carbocycles. The number of benzene rings is 2. The Morgan fingerprint density at radius 1 is 0.818 bits per heavy atom. The van der Waals surface area contributed by atoms with Crippen molar-refractivity contribution < 1.29 is 13.8 Å². The van der Waals surface area contributed by atoms with Crippen molar-refractivity contribution in [2.75, 3.05) is 19.6 Å². The molecule has 1 aliphatic rings. The van der Waals surface area contributed by atoms with Gasteiger partial charge >= 0.3 is 0 Å². The third kappa shape index (κ3) is 4.83. The van der Waals surface area contributed by atoms with Crippen molar-refractivity contribution in [3.05, 3.63) is 71.4 Å². The molecular weight excluding hydrogens is 420 g/mol. The van der Waals surface area contributed by atoms with E-state index in [9.17, 15) is 4.79 Å². The molecule has 0 radical (unpaired) electrons. The first-order chi connectivity index (χ1) is 16.0. The van der Waals surface area contributed by atoms with Crippen molar-refractivity contribution in [1.29, 1.82) is 0 Å². The quantitative estimate of drug-likeness (QED) is 0.447. The number of hydrogen-bond acceptors (Lipinski definition) is 8. The van der Waals surface area contributed by atoms with E-state index in [1.165, 1.54) is 0 Å². The SMILES string of the molecule is Cc1nc(-c2ccc(CN3CCN(Cc4cccc(-c5noc(C)n5)c4)C(=O)C3)cc2)no1. The minimum atomic E-state index is 0.126. The van der Waals surface area contributed by atoms with E-state index in [4.69, 9.17) is 9.05 Å². The third-order valence-electron chi connectivity index (χ3n) is 5.63. The summed E-state index contributed by atoms with van der Waals surface area (Å²) < 4.78 is 10.1. The van der Waals surface area contributed by atoms with Crippen LogP contribution in [-0.2, 0) is 17.9 Å². The van der Waals surface area contributed by atoms with Crippen LogP contribution in [0.25, 0.3) is 22.8 Å². The molecule has 9 nitrogen and oxygen atoms in total. The Morgan fingerprint density at radius 2 is 1.52 bits per heavy atom. The monoisotopic (exact) mass is 444 g/mol. The Labute approximate surface area is 191 Å². The molecule has 1 saturated heterocycles. The van der Waals surface area contributed by atoms with Gasteiger partial charge in [-0.15, -0.1) is 0 Å². The van der Waals surface area contributed by atoms with Crippen LogP contribution in [-0.4, -0.2) is 55.6 Å². The van der Waals surface area contributed by atoms with Gasteiger partial charge in [0.2, 0.25) is 29.3 Å². The average Bonchev–Trinajstić information content (AvgIpc) is 3.45. The summed E-state index contributed by atoms with van der Waals surface area (Å²) in [7, 11) is 0. The molecule has 2 aromatic heterocycles. The highest BCUT2D eigenvalue weighted by Crippen LogP contribution is 2.20. The van der Waals surface area contributed by atoms with Gasteiger partial charge in [0.1, 0.15) is 0 Å². The largest absolute Gasteiger partial charge is 0.339 e. The van der Waals surface area contributed by atoms with E-state index in [1.807, 2.05) is 53.4 Å². The van der Waals surface area contributed by atoms with Crippen LogP contribution >= 0.6 is 0 Å². The maximum absolute atomic E-state index is 12.8. The average molecular weight is 444 g/mol. The number of nitrogens with zero attached hydrogens (tertiary/aromatic N) is 6. The van der Waals surface area contributed by atoms with Gasteiger partial charge in [-0.3, -0.25) is 9.69 Å². The zero-order chi connectivity index (χ0) is 22.8. The maximum Gasteiger partial charge on any atom is 0.237 e. The molecule has 0 aliphatic carbocycles. The van der Waals surface area contributed by atoms with Gasteiger partial charge < -0.3 is 13.9 Å². The molecule has 3 heterocycles. The van der Waals surface area contributed by atoms with E-state index in [0.29, 0.717) is 43.1 Å². The normalized spacial score (nSPS) is 14.7. The van der Waals surface area contributed by atoms with Crippen LogP contribution in [0.5, 0.6) is 0 Å². The van der Waals surface area contributed by atoms with Gasteiger partial charge in [0.05, 0.1) is 6.54 Å². The zero-order valence-corrected chi connectivity index (χ0v) is 18.6. The Kier molecular flexibility index (Phi) is 5.70. The van der Waals surface area contributed by atoms with Crippen LogP contribution in [0.4, 0.5) is 0 Å². The first-order valence-corrected chi connectivity index (χ1v) is 10.8. The molecular formula is C24H24N6O3. The maximum atomic E-state index is 12.8. The molecule has 0 saturated carbocycles. The summed E-state index contributed by atoms with van der Waals surface area (Å²) in [6.45, 7) is 6.73. The summed E-state index contributed by atoms with van der Waals surface area (Å²) in [4.78, 5) is 25.4. The Balaban J connectivity index is 1.18. The second kappa shape index (κ2) is 8.95. The molecule has 0 N–H and O–H groups in total. The first-order valence-electron chi connectivity index (χ1n) is 10.8. The van der Waals surface area contributed by atoms with Crippen LogP contribution in [0.2, 0.25) is 0 Å². The van der Waals surface area contributed by atoms with E-state index in [1.54, 1.807) is 13.8 Å². The fraction of sp³-hybridized carbons (Fsp3) is 0.292. The number of aryl methyl sites for hydroxylation is 2. The highest BCUT2D eigenvalue weighted by molar-refractivity contribution is 5.79. The lowest BCUT2D eigenvalue weighted by Gasteiger charge is -2.34. The van der Waals surface area contributed by atoms with Gasteiger partial charge in [0.25, 0.3) is 0 Å². The van der Waals surface area contributed by atoms with E-state index in [2.05, 4.69) is 25.2 Å². The van der Waals surface area contributed by atoms with Gasteiger partial charge in [-0.25, -0.2) is 0 Å². The van der Waals surface area contributed by atoms with Crippen LogP contribution in [0.15, 0.2) is 57.6 Å². The van der Waals surface area contributed by atoms with Gasteiger partial charge in [-0.2, -0.15) is 9.97 Å². The number of piperazine rings is 1. The molecule has 33 heavy (non-hydrogen) atoms. The fourth-order valence-electron chi connectivity index (χ4n) is 3.94. The molecule has 0 spiro atoms.